The van der Waals surface area contributed by atoms with E-state index in [4.69, 9.17) is 8.83 Å². The van der Waals surface area contributed by atoms with Crippen molar-refractivity contribution >= 4 is 110 Å². The van der Waals surface area contributed by atoms with E-state index < -0.39 is 0 Å². The fourth-order valence-corrected chi connectivity index (χ4v) is 11.7. The number of furan rings is 2. The van der Waals surface area contributed by atoms with Gasteiger partial charge in [-0.2, -0.15) is 0 Å². The summed E-state index contributed by atoms with van der Waals surface area (Å²) < 4.78 is 14.1. The van der Waals surface area contributed by atoms with Crippen LogP contribution in [0.2, 0.25) is 0 Å². The number of benzene rings is 12. The Morgan fingerprint density at radius 3 is 1.08 bits per heavy atom. The minimum Gasteiger partial charge on any atom is -0.454 e. The molecule has 12 aromatic carbocycles. The SMILES string of the molecule is Cc1ccc2c(oc3c(C)cccc32)c1N(c1ccccc1-c1ccccc1)c1ccc2ccc3c(N(c4ccccc4-c4ccccc4)c4c(C)ccc5c4oc4c(C)cccc45)ccc4ccc1c2c43. The number of hydrogen-bond donors (Lipinski definition) is 0. The minimum atomic E-state index is 0.869. The Balaban J connectivity index is 1.08. The summed E-state index contributed by atoms with van der Waals surface area (Å²) in [4.78, 5) is 4.95. The molecule has 0 spiro atoms. The summed E-state index contributed by atoms with van der Waals surface area (Å²) in [5, 5.41) is 11.5. The Bertz CT molecular complexity index is 4160. The maximum absolute atomic E-state index is 7.07. The molecule has 0 bridgehead atoms. The van der Waals surface area contributed by atoms with Gasteiger partial charge in [-0.25, -0.2) is 0 Å². The second-order valence-electron chi connectivity index (χ2n) is 19.4. The second kappa shape index (κ2) is 16.2. The highest BCUT2D eigenvalue weighted by Gasteiger charge is 2.29. The number of hydrogen-bond acceptors (Lipinski definition) is 4. The Hall–Kier alpha value is -9.12. The molecule has 342 valence electrons. The smallest absolute Gasteiger partial charge is 0.159 e. The van der Waals surface area contributed by atoms with Gasteiger partial charge in [-0.05, 0) is 107 Å². The van der Waals surface area contributed by atoms with Crippen LogP contribution in [0.4, 0.5) is 34.1 Å². The third-order valence-corrected chi connectivity index (χ3v) is 15.1. The molecule has 0 saturated carbocycles. The van der Waals surface area contributed by atoms with E-state index >= 15 is 0 Å². The average Bonchev–Trinajstić information content (AvgIpc) is 4.01. The molecule has 2 heterocycles. The van der Waals surface area contributed by atoms with Gasteiger partial charge < -0.3 is 18.6 Å². The highest BCUT2D eigenvalue weighted by molar-refractivity contribution is 6.29. The van der Waals surface area contributed by atoms with E-state index in [9.17, 15) is 0 Å². The molecule has 0 atom stereocenters. The van der Waals surface area contributed by atoms with Crippen LogP contribution in [0.3, 0.4) is 0 Å². The molecule has 0 N–H and O–H groups in total. The van der Waals surface area contributed by atoms with E-state index in [0.29, 0.717) is 0 Å². The van der Waals surface area contributed by atoms with E-state index in [0.717, 1.165) is 133 Å². The lowest BCUT2D eigenvalue weighted by molar-refractivity contribution is 0.665. The van der Waals surface area contributed by atoms with Crippen molar-refractivity contribution in [1.82, 2.24) is 0 Å². The first-order valence-corrected chi connectivity index (χ1v) is 24.8. The Morgan fingerprint density at radius 1 is 0.264 bits per heavy atom. The number of para-hydroxylation sites is 4. The summed E-state index contributed by atoms with van der Waals surface area (Å²) >= 11 is 0. The van der Waals surface area contributed by atoms with E-state index in [1.54, 1.807) is 0 Å². The summed E-state index contributed by atoms with van der Waals surface area (Å²) in [5.74, 6) is 0. The van der Waals surface area contributed by atoms with Gasteiger partial charge in [0.2, 0.25) is 0 Å². The Labute approximate surface area is 417 Å². The van der Waals surface area contributed by atoms with Gasteiger partial charge >= 0.3 is 0 Å². The molecule has 2 aromatic heterocycles. The maximum Gasteiger partial charge on any atom is 0.159 e. The van der Waals surface area contributed by atoms with E-state index in [1.165, 1.54) is 21.5 Å². The fourth-order valence-electron chi connectivity index (χ4n) is 11.7. The molecule has 14 aromatic rings. The van der Waals surface area contributed by atoms with Crippen molar-refractivity contribution in [3.8, 4) is 22.3 Å². The van der Waals surface area contributed by atoms with Crippen LogP contribution in [0.5, 0.6) is 0 Å². The van der Waals surface area contributed by atoms with Crippen LogP contribution in [0.15, 0.2) is 227 Å². The largest absolute Gasteiger partial charge is 0.454 e. The summed E-state index contributed by atoms with van der Waals surface area (Å²) in [5.41, 5.74) is 18.9. The number of anilines is 6. The quantitative estimate of drug-likeness (QED) is 0.142. The zero-order valence-electron chi connectivity index (χ0n) is 40.5. The van der Waals surface area contributed by atoms with Gasteiger partial charge in [0.25, 0.3) is 0 Å². The van der Waals surface area contributed by atoms with Crippen LogP contribution in [-0.2, 0) is 0 Å². The van der Waals surface area contributed by atoms with Crippen molar-refractivity contribution in [2.45, 2.75) is 27.7 Å². The standard InChI is InChI=1S/C68H48N2O2/c1-41-29-35-53-51-25-15-17-43(3)65(51)71-67(53)63(41)69(57-27-13-11-23-49(57)45-19-7-5-8-20-45)59-39-33-47-32-38-56-60(40-34-48-31-37-55(59)61(47)62(48)56)70(58-28-14-12-24-50(58)46-21-9-6-10-22-46)64-42(2)30-36-54-52-26-16-18-44(4)66(52)72-68(54)64/h5-40H,1-4H3. The van der Waals surface area contributed by atoms with Crippen LogP contribution in [0.1, 0.15) is 22.3 Å². The molecule has 72 heavy (non-hydrogen) atoms. The van der Waals surface area contributed by atoms with Crippen LogP contribution in [0.25, 0.3) is 98.4 Å². The van der Waals surface area contributed by atoms with Gasteiger partial charge in [0, 0.05) is 43.4 Å². The first-order chi connectivity index (χ1) is 35.4. The van der Waals surface area contributed by atoms with E-state index in [1.807, 2.05) is 0 Å². The normalized spacial score (nSPS) is 11.9. The molecule has 4 heteroatoms. The van der Waals surface area contributed by atoms with Crippen LogP contribution < -0.4 is 9.80 Å². The lowest BCUT2D eigenvalue weighted by Gasteiger charge is -2.32. The lowest BCUT2D eigenvalue weighted by atomic mass is 9.91. The monoisotopic (exact) mass is 924 g/mol. The minimum absolute atomic E-state index is 0.869. The van der Waals surface area contributed by atoms with Gasteiger partial charge in [0.1, 0.15) is 11.2 Å². The van der Waals surface area contributed by atoms with Gasteiger partial charge in [-0.15, -0.1) is 0 Å². The van der Waals surface area contributed by atoms with Crippen molar-refractivity contribution < 1.29 is 8.83 Å². The van der Waals surface area contributed by atoms with Crippen LogP contribution >= 0.6 is 0 Å². The molecule has 0 aliphatic heterocycles. The molecule has 0 aliphatic carbocycles. The molecule has 0 fully saturated rings. The molecular formula is C68H48N2O2. The molecule has 4 nitrogen and oxygen atoms in total. The van der Waals surface area contributed by atoms with Crippen LogP contribution in [-0.4, -0.2) is 0 Å². The van der Waals surface area contributed by atoms with Crippen molar-refractivity contribution in [3.63, 3.8) is 0 Å². The topological polar surface area (TPSA) is 32.8 Å². The van der Waals surface area contributed by atoms with Gasteiger partial charge in [-0.1, -0.05) is 194 Å². The van der Waals surface area contributed by atoms with Gasteiger partial charge in [0.15, 0.2) is 11.2 Å². The van der Waals surface area contributed by atoms with E-state index in [2.05, 4.69) is 256 Å². The van der Waals surface area contributed by atoms with Crippen LogP contribution in [0, 0.1) is 27.7 Å². The molecule has 0 unspecified atom stereocenters. The first kappa shape index (κ1) is 41.8. The van der Waals surface area contributed by atoms with Crippen molar-refractivity contribution in [3.05, 3.63) is 241 Å². The first-order valence-electron chi connectivity index (χ1n) is 24.8. The van der Waals surface area contributed by atoms with Gasteiger partial charge in [0.05, 0.1) is 34.1 Å². The molecule has 0 saturated heterocycles. The summed E-state index contributed by atoms with van der Waals surface area (Å²) in [7, 11) is 0. The Kier molecular flexibility index (Phi) is 9.43. The zero-order chi connectivity index (χ0) is 48.2. The van der Waals surface area contributed by atoms with Crippen molar-refractivity contribution in [2.75, 3.05) is 9.80 Å². The highest BCUT2D eigenvalue weighted by atomic mass is 16.3. The number of fused-ring (bicyclic) bond motifs is 6. The second-order valence-corrected chi connectivity index (χ2v) is 19.4. The molecule has 0 amide bonds. The van der Waals surface area contributed by atoms with Crippen molar-refractivity contribution in [2.24, 2.45) is 0 Å². The number of nitrogens with zero attached hydrogens (tertiary/aromatic N) is 2. The number of rotatable bonds is 8. The molecule has 0 radical (unpaired) electrons. The number of aryl methyl sites for hydroxylation is 4. The molecular weight excluding hydrogens is 877 g/mol. The third kappa shape index (κ3) is 6.25. The Morgan fingerprint density at radius 2 is 0.639 bits per heavy atom. The predicted octanol–water partition coefficient (Wildman–Crippen LogP) is 19.9. The fraction of sp³-hybridized carbons (Fsp3) is 0.0588. The molecule has 0 aliphatic rings. The summed E-state index contributed by atoms with van der Waals surface area (Å²) in [6.07, 6.45) is 0. The molecule has 14 rings (SSSR count). The van der Waals surface area contributed by atoms with Crippen molar-refractivity contribution in [1.29, 1.82) is 0 Å². The summed E-state index contributed by atoms with van der Waals surface area (Å²) in [6, 6.07) is 79.5. The average molecular weight is 925 g/mol. The van der Waals surface area contributed by atoms with E-state index in [-0.39, 0.29) is 0 Å². The zero-order valence-corrected chi connectivity index (χ0v) is 40.5. The third-order valence-electron chi connectivity index (χ3n) is 15.1. The lowest BCUT2D eigenvalue weighted by Crippen LogP contribution is -2.14. The maximum atomic E-state index is 7.07. The van der Waals surface area contributed by atoms with Gasteiger partial charge in [-0.3, -0.25) is 0 Å². The summed E-state index contributed by atoms with van der Waals surface area (Å²) in [6.45, 7) is 8.69. The predicted molar refractivity (Wildman–Crippen MR) is 304 cm³/mol. The highest BCUT2D eigenvalue weighted by Crippen LogP contribution is 2.53.